The minimum absolute atomic E-state index is 0.160. The molecule has 0 saturated carbocycles. The first-order valence-corrected chi connectivity index (χ1v) is 9.60. The van der Waals surface area contributed by atoms with Crippen LogP contribution >= 0.6 is 11.6 Å². The number of H-pyrrole nitrogens is 1. The van der Waals surface area contributed by atoms with Gasteiger partial charge in [0.1, 0.15) is 5.82 Å². The van der Waals surface area contributed by atoms with Crippen molar-refractivity contribution in [3.8, 4) is 0 Å². The maximum absolute atomic E-state index is 12.9. The third-order valence-corrected chi connectivity index (χ3v) is 5.68. The molecule has 27 heavy (non-hydrogen) atoms. The van der Waals surface area contributed by atoms with E-state index in [1.807, 2.05) is 18.2 Å². The van der Waals surface area contributed by atoms with Crippen LogP contribution in [-0.4, -0.2) is 53.5 Å². The van der Waals surface area contributed by atoms with Gasteiger partial charge in [0.25, 0.3) is 5.56 Å². The Kier molecular flexibility index (Phi) is 4.88. The van der Waals surface area contributed by atoms with Crippen molar-refractivity contribution in [1.29, 1.82) is 0 Å². The summed E-state index contributed by atoms with van der Waals surface area (Å²) in [4.78, 5) is 37.1. The number of nitrogens with zero attached hydrogens (tertiary/aromatic N) is 3. The average molecular weight is 388 g/mol. The molecule has 0 radical (unpaired) electrons. The summed E-state index contributed by atoms with van der Waals surface area (Å²) in [5, 5.41) is 3.31. The number of aromatic nitrogens is 2. The molecule has 1 saturated heterocycles. The molecule has 8 heteroatoms. The van der Waals surface area contributed by atoms with Crippen LogP contribution in [0.1, 0.15) is 30.4 Å². The number of nitrogens with one attached hydrogen (secondary N) is 2. The zero-order valence-corrected chi connectivity index (χ0v) is 15.9. The number of likely N-dealkylation sites (N-methyl/N-ethyl adjacent to an activating group) is 1. The summed E-state index contributed by atoms with van der Waals surface area (Å²) in [5.74, 6) is 0.291. The Morgan fingerprint density at radius 3 is 2.63 bits per heavy atom. The summed E-state index contributed by atoms with van der Waals surface area (Å²) in [7, 11) is 0. The van der Waals surface area contributed by atoms with E-state index in [-0.39, 0.29) is 17.9 Å². The van der Waals surface area contributed by atoms with Gasteiger partial charge in [-0.25, -0.2) is 0 Å². The highest BCUT2D eigenvalue weighted by Crippen LogP contribution is 2.37. The summed E-state index contributed by atoms with van der Waals surface area (Å²) in [6, 6.07) is 7.31. The molecule has 2 aliphatic heterocycles. The molecule has 1 aromatic carbocycles. The zero-order chi connectivity index (χ0) is 19.0. The van der Waals surface area contributed by atoms with Crippen LogP contribution in [0.2, 0.25) is 5.02 Å². The number of fused-ring (bicyclic) bond motifs is 1. The number of rotatable bonds is 3. The Hall–Kier alpha value is -2.38. The highest BCUT2D eigenvalue weighted by atomic mass is 35.5. The molecule has 0 unspecified atom stereocenters. The number of anilines is 2. The largest absolute Gasteiger partial charge is 0.340 e. The van der Waals surface area contributed by atoms with Crippen molar-refractivity contribution < 1.29 is 4.79 Å². The van der Waals surface area contributed by atoms with E-state index in [1.165, 1.54) is 0 Å². The molecular formula is C19H22ClN5O2. The van der Waals surface area contributed by atoms with Gasteiger partial charge in [0.2, 0.25) is 11.9 Å². The fourth-order valence-corrected chi connectivity index (χ4v) is 4.08. The highest BCUT2D eigenvalue weighted by molar-refractivity contribution is 6.31. The van der Waals surface area contributed by atoms with E-state index in [0.717, 1.165) is 38.3 Å². The molecule has 7 nitrogen and oxygen atoms in total. The minimum Gasteiger partial charge on any atom is -0.340 e. The number of carbonyl (C=O) groups excluding carboxylic acids is 1. The number of hydrogen-bond donors (Lipinski definition) is 2. The highest BCUT2D eigenvalue weighted by Gasteiger charge is 2.32. The van der Waals surface area contributed by atoms with Crippen LogP contribution in [0.4, 0.5) is 11.8 Å². The first kappa shape index (κ1) is 18.0. The molecule has 1 atom stereocenters. The summed E-state index contributed by atoms with van der Waals surface area (Å²) in [6.45, 7) is 6.57. The SMILES string of the molecule is CCN1CCN(c2nc3c(c(=O)[nH]2)[C@@H](c2ccccc2Cl)CC(=O)N3)CC1. The van der Waals surface area contributed by atoms with Crippen LogP contribution < -0.4 is 15.8 Å². The monoisotopic (exact) mass is 387 g/mol. The number of halogens is 1. The average Bonchev–Trinajstić information content (AvgIpc) is 2.67. The molecule has 1 aromatic heterocycles. The predicted molar refractivity (Wildman–Crippen MR) is 106 cm³/mol. The van der Waals surface area contributed by atoms with Gasteiger partial charge < -0.3 is 15.1 Å². The van der Waals surface area contributed by atoms with Gasteiger partial charge in [0, 0.05) is 43.5 Å². The second kappa shape index (κ2) is 7.32. The van der Waals surface area contributed by atoms with Gasteiger partial charge in [-0.05, 0) is 18.2 Å². The molecule has 1 amide bonds. The minimum atomic E-state index is -0.398. The van der Waals surface area contributed by atoms with Gasteiger partial charge in [-0.3, -0.25) is 14.6 Å². The van der Waals surface area contributed by atoms with Gasteiger partial charge in [0.05, 0.1) is 5.56 Å². The molecule has 2 N–H and O–H groups in total. The molecule has 0 bridgehead atoms. The number of hydrogen-bond acceptors (Lipinski definition) is 5. The van der Waals surface area contributed by atoms with Crippen LogP contribution in [0.5, 0.6) is 0 Å². The molecule has 2 aliphatic rings. The van der Waals surface area contributed by atoms with E-state index in [4.69, 9.17) is 11.6 Å². The van der Waals surface area contributed by atoms with Crippen LogP contribution in [0.15, 0.2) is 29.1 Å². The van der Waals surface area contributed by atoms with E-state index in [1.54, 1.807) is 6.07 Å². The first-order chi connectivity index (χ1) is 13.1. The lowest BCUT2D eigenvalue weighted by atomic mass is 9.87. The van der Waals surface area contributed by atoms with Crippen LogP contribution in [0.3, 0.4) is 0 Å². The lowest BCUT2D eigenvalue weighted by Gasteiger charge is -2.35. The predicted octanol–water partition coefficient (Wildman–Crippen LogP) is 2.04. The lowest BCUT2D eigenvalue weighted by molar-refractivity contribution is -0.116. The topological polar surface area (TPSA) is 81.3 Å². The van der Waals surface area contributed by atoms with Crippen molar-refractivity contribution >= 4 is 29.3 Å². The molecule has 0 spiro atoms. The molecule has 1 fully saturated rings. The summed E-state index contributed by atoms with van der Waals surface area (Å²) >= 11 is 6.33. The third kappa shape index (κ3) is 3.44. The van der Waals surface area contributed by atoms with Crippen molar-refractivity contribution in [2.45, 2.75) is 19.3 Å². The van der Waals surface area contributed by atoms with Gasteiger partial charge in [-0.15, -0.1) is 0 Å². The van der Waals surface area contributed by atoms with Crippen molar-refractivity contribution in [2.75, 3.05) is 42.9 Å². The maximum atomic E-state index is 12.9. The second-order valence-corrected chi connectivity index (χ2v) is 7.31. The fraction of sp³-hybridized carbons (Fsp3) is 0.421. The van der Waals surface area contributed by atoms with Crippen LogP contribution in [-0.2, 0) is 4.79 Å². The Labute approximate surface area is 162 Å². The van der Waals surface area contributed by atoms with Crippen molar-refractivity contribution in [2.24, 2.45) is 0 Å². The number of carbonyl (C=O) groups is 1. The van der Waals surface area contributed by atoms with E-state index >= 15 is 0 Å². The van der Waals surface area contributed by atoms with Gasteiger partial charge in [-0.2, -0.15) is 4.98 Å². The molecule has 2 aromatic rings. The Bertz CT molecular complexity index is 921. The Morgan fingerprint density at radius 2 is 1.93 bits per heavy atom. The van der Waals surface area contributed by atoms with Gasteiger partial charge >= 0.3 is 0 Å². The standard InChI is InChI=1S/C19H22ClN5O2/c1-2-24-7-9-25(10-8-24)19-22-17-16(18(27)23-19)13(11-15(26)21-17)12-5-3-4-6-14(12)20/h3-6,13H,2,7-11H2,1H3,(H2,21,22,23,26,27)/t13-/m1/s1. The van der Waals surface area contributed by atoms with Crippen molar-refractivity contribution in [3.63, 3.8) is 0 Å². The van der Waals surface area contributed by atoms with E-state index in [9.17, 15) is 9.59 Å². The van der Waals surface area contributed by atoms with Crippen molar-refractivity contribution in [3.05, 3.63) is 50.8 Å². The quantitative estimate of drug-likeness (QED) is 0.842. The Balaban J connectivity index is 1.71. The van der Waals surface area contributed by atoms with Crippen molar-refractivity contribution in [1.82, 2.24) is 14.9 Å². The summed E-state index contributed by atoms with van der Waals surface area (Å²) in [5.41, 5.74) is 1.02. The number of aromatic amines is 1. The van der Waals surface area contributed by atoms with E-state index in [0.29, 0.717) is 22.4 Å². The van der Waals surface area contributed by atoms with E-state index < -0.39 is 5.92 Å². The van der Waals surface area contributed by atoms with E-state index in [2.05, 4.69) is 32.0 Å². The van der Waals surface area contributed by atoms with Crippen LogP contribution in [0.25, 0.3) is 0 Å². The zero-order valence-electron chi connectivity index (χ0n) is 15.2. The molecule has 3 heterocycles. The first-order valence-electron chi connectivity index (χ1n) is 9.22. The number of piperazine rings is 1. The Morgan fingerprint density at radius 1 is 1.19 bits per heavy atom. The second-order valence-electron chi connectivity index (χ2n) is 6.90. The van der Waals surface area contributed by atoms with Crippen LogP contribution in [0, 0.1) is 0 Å². The summed E-state index contributed by atoms with van der Waals surface area (Å²) in [6.07, 6.45) is 0.177. The fourth-order valence-electron chi connectivity index (χ4n) is 3.81. The number of amides is 1. The third-order valence-electron chi connectivity index (χ3n) is 5.34. The lowest BCUT2D eigenvalue weighted by Crippen LogP contribution is -2.47. The van der Waals surface area contributed by atoms with Gasteiger partial charge in [0.15, 0.2) is 0 Å². The smallest absolute Gasteiger partial charge is 0.258 e. The molecule has 4 rings (SSSR count). The molecular weight excluding hydrogens is 366 g/mol. The maximum Gasteiger partial charge on any atom is 0.258 e. The number of benzene rings is 1. The molecule has 142 valence electrons. The molecule has 0 aliphatic carbocycles. The normalized spacial score (nSPS) is 20.3. The van der Waals surface area contributed by atoms with Gasteiger partial charge in [-0.1, -0.05) is 36.7 Å². The summed E-state index contributed by atoms with van der Waals surface area (Å²) < 4.78 is 0.